The van der Waals surface area contributed by atoms with Gasteiger partial charge in [-0.1, -0.05) is 6.07 Å². The van der Waals surface area contributed by atoms with Crippen LogP contribution in [0.15, 0.2) is 18.2 Å². The molecule has 90 valence electrons. The zero-order valence-corrected chi connectivity index (χ0v) is 10.1. The van der Waals surface area contributed by atoms with Crippen molar-refractivity contribution in [1.29, 1.82) is 0 Å². The normalized spacial score (nSPS) is 12.8. The maximum atomic E-state index is 9.25. The van der Waals surface area contributed by atoms with E-state index in [-0.39, 0.29) is 6.10 Å². The molecule has 0 spiro atoms. The van der Waals surface area contributed by atoms with Gasteiger partial charge in [-0.2, -0.15) is 0 Å². The largest absolute Gasteiger partial charge is 0.495 e. The minimum Gasteiger partial charge on any atom is -0.495 e. The Hall–Kier alpha value is -1.26. The highest BCUT2D eigenvalue weighted by Gasteiger charge is 2.05. The number of aliphatic hydroxyl groups is 1. The van der Waals surface area contributed by atoms with E-state index in [9.17, 15) is 5.11 Å². The fourth-order valence-corrected chi connectivity index (χ4v) is 1.71. The maximum Gasteiger partial charge on any atom is 0.141 e. The van der Waals surface area contributed by atoms with Crippen molar-refractivity contribution in [1.82, 2.24) is 4.90 Å². The van der Waals surface area contributed by atoms with E-state index in [0.717, 1.165) is 12.1 Å². The number of methoxy groups -OCH3 is 1. The predicted octanol–water partition coefficient (Wildman–Crippen LogP) is 1.09. The summed E-state index contributed by atoms with van der Waals surface area (Å²) < 4.78 is 5.09. The summed E-state index contributed by atoms with van der Waals surface area (Å²) in [6.45, 7) is 3.18. The van der Waals surface area contributed by atoms with Crippen molar-refractivity contribution in [2.45, 2.75) is 19.6 Å². The Morgan fingerprint density at radius 2 is 2.19 bits per heavy atom. The molecule has 1 aromatic rings. The zero-order valence-electron chi connectivity index (χ0n) is 10.1. The van der Waals surface area contributed by atoms with Gasteiger partial charge >= 0.3 is 0 Å². The van der Waals surface area contributed by atoms with Gasteiger partial charge in [0, 0.05) is 13.1 Å². The van der Waals surface area contributed by atoms with Gasteiger partial charge in [0.1, 0.15) is 5.75 Å². The number of hydrogen-bond acceptors (Lipinski definition) is 4. The van der Waals surface area contributed by atoms with Crippen molar-refractivity contribution in [3.63, 3.8) is 0 Å². The highest BCUT2D eigenvalue weighted by molar-refractivity contribution is 5.54. The summed E-state index contributed by atoms with van der Waals surface area (Å²) in [5.74, 6) is 0.696. The van der Waals surface area contributed by atoms with Gasteiger partial charge in [-0.05, 0) is 31.7 Å². The molecule has 4 heteroatoms. The molecule has 1 unspecified atom stereocenters. The van der Waals surface area contributed by atoms with Crippen LogP contribution in [0.5, 0.6) is 5.75 Å². The molecule has 0 aliphatic heterocycles. The van der Waals surface area contributed by atoms with Gasteiger partial charge < -0.3 is 15.6 Å². The standard InChI is InChI=1S/C12H20N2O2/c1-9(15)7-14(2)8-10-4-5-12(16-3)11(13)6-10/h4-6,9,15H,7-8,13H2,1-3H3. The van der Waals surface area contributed by atoms with Crippen molar-refractivity contribution in [2.24, 2.45) is 0 Å². The fourth-order valence-electron chi connectivity index (χ4n) is 1.71. The SMILES string of the molecule is COc1ccc(CN(C)CC(C)O)cc1N. The molecule has 0 amide bonds. The lowest BCUT2D eigenvalue weighted by Gasteiger charge is -2.18. The first kappa shape index (κ1) is 12.8. The second-order valence-electron chi connectivity index (χ2n) is 4.12. The van der Waals surface area contributed by atoms with Crippen LogP contribution in [-0.2, 0) is 6.54 Å². The van der Waals surface area contributed by atoms with Crippen molar-refractivity contribution < 1.29 is 9.84 Å². The Balaban J connectivity index is 2.64. The van der Waals surface area contributed by atoms with Crippen LogP contribution in [0.3, 0.4) is 0 Å². The number of nitrogen functional groups attached to an aromatic ring is 1. The molecule has 3 N–H and O–H groups in total. The number of ether oxygens (including phenoxy) is 1. The topological polar surface area (TPSA) is 58.7 Å². The molecule has 0 fully saturated rings. The molecule has 1 aromatic carbocycles. The number of nitrogens with two attached hydrogens (primary N) is 1. The molecular formula is C12H20N2O2. The summed E-state index contributed by atoms with van der Waals surface area (Å²) in [6.07, 6.45) is -0.319. The average molecular weight is 224 g/mol. The number of anilines is 1. The molecule has 4 nitrogen and oxygen atoms in total. The first-order valence-electron chi connectivity index (χ1n) is 5.32. The van der Waals surface area contributed by atoms with E-state index in [4.69, 9.17) is 10.5 Å². The molecule has 0 heterocycles. The van der Waals surface area contributed by atoms with Crippen LogP contribution in [0, 0.1) is 0 Å². The zero-order chi connectivity index (χ0) is 12.1. The van der Waals surface area contributed by atoms with E-state index in [1.807, 2.05) is 30.1 Å². The first-order valence-corrected chi connectivity index (χ1v) is 5.32. The monoisotopic (exact) mass is 224 g/mol. The van der Waals surface area contributed by atoms with Gasteiger partial charge in [0.05, 0.1) is 18.9 Å². The van der Waals surface area contributed by atoms with Gasteiger partial charge in [-0.3, -0.25) is 4.90 Å². The smallest absolute Gasteiger partial charge is 0.141 e. The maximum absolute atomic E-state index is 9.25. The van der Waals surface area contributed by atoms with Crippen molar-refractivity contribution in [2.75, 3.05) is 26.4 Å². The third-order valence-electron chi connectivity index (χ3n) is 2.32. The van der Waals surface area contributed by atoms with Crippen LogP contribution in [0.1, 0.15) is 12.5 Å². The number of likely N-dealkylation sites (N-methyl/N-ethyl adjacent to an activating group) is 1. The molecule has 0 saturated carbocycles. The first-order chi connectivity index (χ1) is 7.52. The highest BCUT2D eigenvalue weighted by atomic mass is 16.5. The quantitative estimate of drug-likeness (QED) is 0.735. The van der Waals surface area contributed by atoms with Crippen LogP contribution < -0.4 is 10.5 Å². The van der Waals surface area contributed by atoms with Crippen LogP contribution >= 0.6 is 0 Å². The van der Waals surface area contributed by atoms with Crippen molar-refractivity contribution >= 4 is 5.69 Å². The number of benzene rings is 1. The number of aliphatic hydroxyl groups excluding tert-OH is 1. The summed E-state index contributed by atoms with van der Waals surface area (Å²) in [4.78, 5) is 2.05. The fraction of sp³-hybridized carbons (Fsp3) is 0.500. The number of rotatable bonds is 5. The Morgan fingerprint density at radius 3 is 2.69 bits per heavy atom. The summed E-state index contributed by atoms with van der Waals surface area (Å²) in [5, 5.41) is 9.25. The molecule has 1 rings (SSSR count). The summed E-state index contributed by atoms with van der Waals surface area (Å²) in [6, 6.07) is 5.74. The van der Waals surface area contributed by atoms with E-state index in [0.29, 0.717) is 18.0 Å². The molecule has 0 bridgehead atoms. The summed E-state index contributed by atoms with van der Waals surface area (Å²) in [7, 11) is 3.57. The Bertz CT molecular complexity index is 340. The number of nitrogens with zero attached hydrogens (tertiary/aromatic N) is 1. The lowest BCUT2D eigenvalue weighted by Crippen LogP contribution is -2.26. The number of hydrogen-bond donors (Lipinski definition) is 2. The van der Waals surface area contributed by atoms with Gasteiger partial charge in [0.15, 0.2) is 0 Å². The van der Waals surface area contributed by atoms with Crippen LogP contribution in [0.4, 0.5) is 5.69 Å². The van der Waals surface area contributed by atoms with Gasteiger partial charge in [0.2, 0.25) is 0 Å². The molecule has 0 aromatic heterocycles. The molecular weight excluding hydrogens is 204 g/mol. The molecule has 0 aliphatic carbocycles. The van der Waals surface area contributed by atoms with E-state index >= 15 is 0 Å². The third kappa shape index (κ3) is 3.72. The third-order valence-corrected chi connectivity index (χ3v) is 2.32. The lowest BCUT2D eigenvalue weighted by molar-refractivity contribution is 0.138. The molecule has 0 radical (unpaired) electrons. The highest BCUT2D eigenvalue weighted by Crippen LogP contribution is 2.22. The van der Waals surface area contributed by atoms with Crippen LogP contribution in [0.25, 0.3) is 0 Å². The van der Waals surface area contributed by atoms with E-state index < -0.39 is 0 Å². The van der Waals surface area contributed by atoms with Crippen LogP contribution in [0.2, 0.25) is 0 Å². The van der Waals surface area contributed by atoms with Crippen molar-refractivity contribution in [3.8, 4) is 5.75 Å². The van der Waals surface area contributed by atoms with E-state index in [1.165, 1.54) is 0 Å². The molecule has 0 aliphatic rings. The van der Waals surface area contributed by atoms with Crippen LogP contribution in [-0.4, -0.2) is 36.8 Å². The Kier molecular flexibility index (Phi) is 4.58. The summed E-state index contributed by atoms with van der Waals surface area (Å²) >= 11 is 0. The molecule has 1 atom stereocenters. The molecule has 0 saturated heterocycles. The van der Waals surface area contributed by atoms with E-state index in [2.05, 4.69) is 0 Å². The minimum absolute atomic E-state index is 0.319. The van der Waals surface area contributed by atoms with Gasteiger partial charge in [-0.15, -0.1) is 0 Å². The van der Waals surface area contributed by atoms with Gasteiger partial charge in [-0.25, -0.2) is 0 Å². The second-order valence-corrected chi connectivity index (χ2v) is 4.12. The van der Waals surface area contributed by atoms with E-state index in [1.54, 1.807) is 14.0 Å². The average Bonchev–Trinajstić information content (AvgIpc) is 2.16. The summed E-state index contributed by atoms with van der Waals surface area (Å²) in [5.41, 5.74) is 7.57. The predicted molar refractivity (Wildman–Crippen MR) is 65.4 cm³/mol. The van der Waals surface area contributed by atoms with Gasteiger partial charge in [0.25, 0.3) is 0 Å². The molecule has 16 heavy (non-hydrogen) atoms. The van der Waals surface area contributed by atoms with Crippen molar-refractivity contribution in [3.05, 3.63) is 23.8 Å². The minimum atomic E-state index is -0.319. The Labute approximate surface area is 96.6 Å². The Morgan fingerprint density at radius 1 is 1.50 bits per heavy atom. The lowest BCUT2D eigenvalue weighted by atomic mass is 10.1. The second kappa shape index (κ2) is 5.72.